The van der Waals surface area contributed by atoms with E-state index < -0.39 is 11.8 Å². The Labute approximate surface area is 115 Å². The molecule has 0 aliphatic heterocycles. The smallest absolute Gasteiger partial charge is 0.319 e. The Hall–Kier alpha value is -2.20. The summed E-state index contributed by atoms with van der Waals surface area (Å²) in [7, 11) is 1.60. The lowest BCUT2D eigenvalue weighted by Crippen LogP contribution is -2.39. The molecule has 10 nitrogen and oxygen atoms in total. The van der Waals surface area contributed by atoms with E-state index in [1.807, 2.05) is 0 Å². The Kier molecular flexibility index (Phi) is 6.40. The summed E-state index contributed by atoms with van der Waals surface area (Å²) in [4.78, 5) is 23.1. The van der Waals surface area contributed by atoms with Crippen LogP contribution in [0.5, 0.6) is 0 Å². The van der Waals surface area contributed by atoms with Crippen molar-refractivity contribution < 1.29 is 18.7 Å². The molecule has 0 unspecified atom stereocenters. The van der Waals surface area contributed by atoms with Gasteiger partial charge in [-0.05, 0) is 0 Å². The Morgan fingerprint density at radius 1 is 1.30 bits per heavy atom. The van der Waals surface area contributed by atoms with E-state index >= 15 is 0 Å². The fourth-order valence-corrected chi connectivity index (χ4v) is 1.38. The average Bonchev–Trinajstić information content (AvgIpc) is 2.81. The molecule has 0 saturated heterocycles. The highest BCUT2D eigenvalue weighted by Crippen LogP contribution is 2.11. The first-order valence-electron chi connectivity index (χ1n) is 5.86. The van der Waals surface area contributed by atoms with E-state index in [1.165, 1.54) is 4.90 Å². The van der Waals surface area contributed by atoms with E-state index in [2.05, 4.69) is 15.5 Å². The van der Waals surface area contributed by atoms with Gasteiger partial charge in [-0.1, -0.05) is 5.10 Å². The van der Waals surface area contributed by atoms with Gasteiger partial charge in [0.25, 0.3) is 0 Å². The van der Waals surface area contributed by atoms with Crippen molar-refractivity contribution in [3.8, 4) is 0 Å². The highest BCUT2D eigenvalue weighted by atomic mass is 16.5. The molecule has 10 heteroatoms. The molecule has 0 aromatic carbocycles. The summed E-state index contributed by atoms with van der Waals surface area (Å²) < 4.78 is 10.2. The summed E-state index contributed by atoms with van der Waals surface area (Å²) in [6, 6.07) is 0.0196. The molecule has 0 aliphatic rings. The first-order chi connectivity index (χ1) is 9.52. The van der Waals surface area contributed by atoms with Gasteiger partial charge in [-0.15, -0.1) is 5.10 Å². The van der Waals surface area contributed by atoms with Crippen molar-refractivity contribution in [1.29, 1.82) is 0 Å². The van der Waals surface area contributed by atoms with Gasteiger partial charge in [0, 0.05) is 13.7 Å². The molecule has 1 aromatic rings. The SMILES string of the molecule is COCCNCc1nnc(N(CC(N)=O)CC(N)=O)o1. The molecule has 5 N–H and O–H groups in total. The monoisotopic (exact) mass is 286 g/mol. The number of amides is 2. The van der Waals surface area contributed by atoms with Crippen LogP contribution in [0.25, 0.3) is 0 Å². The van der Waals surface area contributed by atoms with E-state index in [0.29, 0.717) is 25.6 Å². The lowest BCUT2D eigenvalue weighted by Gasteiger charge is -2.15. The van der Waals surface area contributed by atoms with Crippen LogP contribution in [-0.2, 0) is 20.9 Å². The number of rotatable bonds is 10. The number of hydrogen-bond acceptors (Lipinski definition) is 8. The van der Waals surface area contributed by atoms with Crippen LogP contribution in [0.2, 0.25) is 0 Å². The summed E-state index contributed by atoms with van der Waals surface area (Å²) in [5.41, 5.74) is 10.2. The van der Waals surface area contributed by atoms with E-state index in [1.54, 1.807) is 7.11 Å². The van der Waals surface area contributed by atoms with Crippen molar-refractivity contribution >= 4 is 17.8 Å². The number of carbonyl (C=O) groups is 2. The lowest BCUT2D eigenvalue weighted by atomic mass is 10.4. The van der Waals surface area contributed by atoms with Gasteiger partial charge < -0.3 is 30.8 Å². The summed E-state index contributed by atoms with van der Waals surface area (Å²) in [5.74, 6) is -0.955. The Balaban J connectivity index is 2.60. The van der Waals surface area contributed by atoms with Crippen LogP contribution in [0, 0.1) is 0 Å². The maximum atomic E-state index is 10.9. The van der Waals surface area contributed by atoms with Crippen LogP contribution >= 0.6 is 0 Å². The highest BCUT2D eigenvalue weighted by molar-refractivity contribution is 5.83. The third-order valence-electron chi connectivity index (χ3n) is 2.18. The quantitative estimate of drug-likeness (QED) is 0.402. The molecule has 1 aromatic heterocycles. The van der Waals surface area contributed by atoms with Gasteiger partial charge in [0.1, 0.15) is 13.1 Å². The Morgan fingerprint density at radius 3 is 2.50 bits per heavy atom. The third-order valence-corrected chi connectivity index (χ3v) is 2.18. The lowest BCUT2D eigenvalue weighted by molar-refractivity contribution is -0.117. The van der Waals surface area contributed by atoms with Crippen molar-refractivity contribution in [3.63, 3.8) is 0 Å². The molecule has 0 saturated carbocycles. The van der Waals surface area contributed by atoms with Gasteiger partial charge in [-0.2, -0.15) is 0 Å². The highest BCUT2D eigenvalue weighted by Gasteiger charge is 2.18. The zero-order valence-corrected chi connectivity index (χ0v) is 11.2. The molecule has 0 atom stereocenters. The number of ether oxygens (including phenoxy) is 1. The van der Waals surface area contributed by atoms with E-state index in [-0.39, 0.29) is 19.1 Å². The van der Waals surface area contributed by atoms with Crippen LogP contribution in [0.1, 0.15) is 5.89 Å². The maximum absolute atomic E-state index is 10.9. The molecular weight excluding hydrogens is 268 g/mol. The summed E-state index contributed by atoms with van der Waals surface area (Å²) >= 11 is 0. The number of nitrogens with zero attached hydrogens (tertiary/aromatic N) is 3. The number of hydrogen-bond donors (Lipinski definition) is 3. The third kappa shape index (κ3) is 5.63. The van der Waals surface area contributed by atoms with Crippen molar-refractivity contribution in [1.82, 2.24) is 15.5 Å². The second kappa shape index (κ2) is 8.07. The molecule has 1 heterocycles. The molecule has 112 valence electrons. The number of carbonyl (C=O) groups excluding carboxylic acids is 2. The normalized spacial score (nSPS) is 10.4. The summed E-state index contributed by atoms with van der Waals surface area (Å²) in [6.45, 7) is 1.05. The van der Waals surface area contributed by atoms with Crippen LogP contribution < -0.4 is 21.7 Å². The molecule has 0 spiro atoms. The molecule has 1 rings (SSSR count). The van der Waals surface area contributed by atoms with E-state index in [4.69, 9.17) is 20.6 Å². The molecule has 0 radical (unpaired) electrons. The average molecular weight is 286 g/mol. The predicted octanol–water partition coefficient (Wildman–Crippen LogP) is -2.42. The molecule has 2 amide bonds. The number of primary amides is 2. The standard InChI is InChI=1S/C10H18N6O4/c1-19-3-2-13-4-9-14-15-10(20-9)16(5-7(11)17)6-8(12)18/h13H,2-6H2,1H3,(H2,11,17)(H2,12,18). The first-order valence-corrected chi connectivity index (χ1v) is 5.86. The predicted molar refractivity (Wildman–Crippen MR) is 68.5 cm³/mol. The summed E-state index contributed by atoms with van der Waals surface area (Å²) in [6.07, 6.45) is 0. The topological polar surface area (TPSA) is 150 Å². The van der Waals surface area contributed by atoms with Gasteiger partial charge >= 0.3 is 6.01 Å². The first kappa shape index (κ1) is 15.9. The van der Waals surface area contributed by atoms with Crippen molar-refractivity contribution in [2.75, 3.05) is 38.3 Å². The molecular formula is C10H18N6O4. The fraction of sp³-hybridized carbons (Fsp3) is 0.600. The minimum Gasteiger partial charge on any atom is -0.407 e. The zero-order chi connectivity index (χ0) is 15.0. The number of aromatic nitrogens is 2. The molecule has 0 bridgehead atoms. The van der Waals surface area contributed by atoms with Crippen molar-refractivity contribution in [2.24, 2.45) is 11.5 Å². The van der Waals surface area contributed by atoms with Gasteiger partial charge in [0.2, 0.25) is 17.7 Å². The minimum absolute atomic E-state index is 0.0196. The molecule has 0 fully saturated rings. The van der Waals surface area contributed by atoms with Gasteiger partial charge in [-0.25, -0.2) is 0 Å². The second-order valence-electron chi connectivity index (χ2n) is 3.94. The number of nitrogens with one attached hydrogen (secondary N) is 1. The zero-order valence-electron chi connectivity index (χ0n) is 11.2. The van der Waals surface area contributed by atoms with Crippen LogP contribution in [-0.4, -0.2) is 55.4 Å². The number of nitrogens with two attached hydrogens (primary N) is 2. The van der Waals surface area contributed by atoms with Crippen molar-refractivity contribution in [3.05, 3.63) is 5.89 Å². The second-order valence-corrected chi connectivity index (χ2v) is 3.94. The number of anilines is 1. The molecule has 20 heavy (non-hydrogen) atoms. The van der Waals surface area contributed by atoms with Gasteiger partial charge in [0.05, 0.1) is 13.2 Å². The largest absolute Gasteiger partial charge is 0.407 e. The van der Waals surface area contributed by atoms with Crippen LogP contribution in [0.3, 0.4) is 0 Å². The Morgan fingerprint density at radius 2 is 1.95 bits per heavy atom. The maximum Gasteiger partial charge on any atom is 0.319 e. The number of methoxy groups -OCH3 is 1. The molecule has 0 aliphatic carbocycles. The minimum atomic E-state index is -0.635. The van der Waals surface area contributed by atoms with Crippen LogP contribution in [0.4, 0.5) is 6.01 Å². The Bertz CT molecular complexity index is 433. The van der Waals surface area contributed by atoms with E-state index in [0.717, 1.165) is 0 Å². The van der Waals surface area contributed by atoms with E-state index in [9.17, 15) is 9.59 Å². The van der Waals surface area contributed by atoms with Gasteiger partial charge in [0.15, 0.2) is 0 Å². The van der Waals surface area contributed by atoms with Gasteiger partial charge in [-0.3, -0.25) is 9.59 Å². The summed E-state index contributed by atoms with van der Waals surface area (Å²) in [5, 5.41) is 10.5. The fourth-order valence-electron chi connectivity index (χ4n) is 1.38. The van der Waals surface area contributed by atoms with Crippen LogP contribution in [0.15, 0.2) is 4.42 Å². The van der Waals surface area contributed by atoms with Crippen molar-refractivity contribution in [2.45, 2.75) is 6.54 Å².